The lowest BCUT2D eigenvalue weighted by Crippen LogP contribution is -2.40. The molecule has 2 N–H and O–H groups in total. The molecule has 125 heavy (non-hydrogen) atoms. The number of carbonyl (C=O) groups excluding carboxylic acids is 7. The van der Waals surface area contributed by atoms with Gasteiger partial charge in [0.05, 0.1) is 31.8 Å². The van der Waals surface area contributed by atoms with E-state index in [9.17, 15) is 43.5 Å². The second-order valence-electron chi connectivity index (χ2n) is 33.7. The van der Waals surface area contributed by atoms with Crippen molar-refractivity contribution >= 4 is 82.7 Å². The molecule has 2 saturated heterocycles. The lowest BCUT2D eigenvalue weighted by Gasteiger charge is -2.27. The van der Waals surface area contributed by atoms with Gasteiger partial charge in [-0.1, -0.05) is 79.2 Å². The third-order valence-electron chi connectivity index (χ3n) is 22.4. The van der Waals surface area contributed by atoms with Crippen molar-refractivity contribution in [3.8, 4) is 34.5 Å². The van der Waals surface area contributed by atoms with Gasteiger partial charge in [-0.2, -0.15) is 0 Å². The fourth-order valence-electron chi connectivity index (χ4n) is 15.8. The number of pyridine rings is 3. The Balaban J connectivity index is 0.000000204. The number of aryl methyl sites for hydroxylation is 9. The number of ether oxygens (including phenoxy) is 7. The average molecular weight is 1760 g/mol. The van der Waals surface area contributed by atoms with Gasteiger partial charge in [0.15, 0.2) is 45.7 Å². The highest BCUT2D eigenvalue weighted by Gasteiger charge is 2.44. The molecular weight excluding hydrogens is 1640 g/mol. The molecule has 3 aliphatic rings. The molecule has 22 nitrogen and oxygen atoms in total. The minimum absolute atomic E-state index is 0.00781. The highest BCUT2D eigenvalue weighted by atomic mass is 32.2. The van der Waals surface area contributed by atoms with Gasteiger partial charge in [0.25, 0.3) is 0 Å². The second kappa shape index (κ2) is 44.2. The number of likely N-dealkylation sites (tertiary alicyclic amines) is 2. The molecule has 9 aromatic rings. The zero-order valence-corrected chi connectivity index (χ0v) is 78.0. The van der Waals surface area contributed by atoms with Gasteiger partial charge < -0.3 is 53.2 Å². The molecule has 0 unspecified atom stereocenters. The lowest BCUT2D eigenvalue weighted by molar-refractivity contribution is -0.159. The first-order valence-corrected chi connectivity index (χ1v) is 45.8. The topological polar surface area (TPSA) is 287 Å². The summed E-state index contributed by atoms with van der Waals surface area (Å²) in [6.45, 7) is 32.6. The highest BCUT2D eigenvalue weighted by molar-refractivity contribution is 7.99. The Morgan fingerprint density at radius 3 is 1.00 bits per heavy atom. The number of thioether (sulfide) groups is 3. The fraction of sp³-hybridized carbons (Fsp3) is 0.410. The average Bonchev–Trinajstić information content (AvgIpc) is 1.76. The van der Waals surface area contributed by atoms with Crippen LogP contribution in [0.15, 0.2) is 179 Å². The number of hydrogen-bond donors (Lipinski definition) is 2. The Labute approximate surface area is 748 Å². The molecule has 2 aliphatic heterocycles. The number of amides is 2. The molecule has 0 bridgehead atoms. The summed E-state index contributed by atoms with van der Waals surface area (Å²) in [4.78, 5) is 122. The van der Waals surface area contributed by atoms with Gasteiger partial charge in [-0.25, -0.2) is 24.0 Å². The largest absolute Gasteiger partial charge is 0.506 e. The van der Waals surface area contributed by atoms with Gasteiger partial charge in [0.2, 0.25) is 0 Å². The number of aromatic hydroxyl groups is 1. The molecule has 6 aromatic carbocycles. The van der Waals surface area contributed by atoms with Crippen molar-refractivity contribution < 1.29 is 81.7 Å². The summed E-state index contributed by atoms with van der Waals surface area (Å²) in [6, 6.07) is 45.7. The van der Waals surface area contributed by atoms with E-state index < -0.39 is 52.8 Å². The maximum atomic E-state index is 13.8. The van der Waals surface area contributed by atoms with Crippen molar-refractivity contribution in [2.24, 2.45) is 35.5 Å². The molecule has 0 radical (unpaired) electrons. The van der Waals surface area contributed by atoms with Crippen molar-refractivity contribution in [3.05, 3.63) is 248 Å². The van der Waals surface area contributed by atoms with Gasteiger partial charge >= 0.3 is 30.1 Å². The first-order chi connectivity index (χ1) is 59.2. The first kappa shape index (κ1) is 97.8. The number of carboxylic acids is 1. The zero-order valence-electron chi connectivity index (χ0n) is 75.5. The van der Waals surface area contributed by atoms with Gasteiger partial charge in [-0.05, 0) is 309 Å². The van der Waals surface area contributed by atoms with Crippen molar-refractivity contribution in [2.75, 3.05) is 58.2 Å². The number of nitrogens with zero attached hydrogens (tertiary/aromatic N) is 5. The Morgan fingerprint density at radius 1 is 0.400 bits per heavy atom. The van der Waals surface area contributed by atoms with E-state index in [1.165, 1.54) is 42.9 Å². The number of carbonyl (C=O) groups is 8. The molecule has 3 fully saturated rings. The van der Waals surface area contributed by atoms with Crippen molar-refractivity contribution in [1.29, 1.82) is 0 Å². The Bertz CT molecular complexity index is 5170. The Hall–Kier alpha value is -11.0. The molecule has 25 heteroatoms. The molecule has 3 aromatic heterocycles. The van der Waals surface area contributed by atoms with Crippen LogP contribution in [0, 0.1) is 97.8 Å². The van der Waals surface area contributed by atoms with Crippen LogP contribution in [0.4, 0.5) is 9.59 Å². The van der Waals surface area contributed by atoms with Crippen LogP contribution >= 0.6 is 35.3 Å². The molecular formula is C100H119N5O17S3. The number of ketones is 3. The summed E-state index contributed by atoms with van der Waals surface area (Å²) in [5.74, 6) is 0.585. The van der Waals surface area contributed by atoms with Gasteiger partial charge in [-0.15, -0.1) is 35.3 Å². The predicted molar refractivity (Wildman–Crippen MR) is 490 cm³/mol. The number of aliphatic carboxylic acids is 1. The summed E-state index contributed by atoms with van der Waals surface area (Å²) >= 11 is 4.92. The van der Waals surface area contributed by atoms with E-state index in [2.05, 4.69) is 27.1 Å². The van der Waals surface area contributed by atoms with Gasteiger partial charge in [0.1, 0.15) is 23.0 Å². The number of carboxylic acid groups (broad SMARTS) is 1. The lowest BCUT2D eigenvalue weighted by atomic mass is 9.84. The summed E-state index contributed by atoms with van der Waals surface area (Å²) in [7, 11) is 0. The van der Waals surface area contributed by atoms with Crippen LogP contribution in [0.3, 0.4) is 0 Å². The molecule has 664 valence electrons. The molecule has 1 saturated carbocycles. The minimum Gasteiger partial charge on any atom is -0.506 e. The number of hydrogen-bond acceptors (Lipinski definition) is 22. The van der Waals surface area contributed by atoms with Crippen LogP contribution in [0.1, 0.15) is 173 Å². The number of benzene rings is 6. The molecule has 12 rings (SSSR count). The van der Waals surface area contributed by atoms with Crippen LogP contribution in [0.25, 0.3) is 0 Å². The summed E-state index contributed by atoms with van der Waals surface area (Å²) in [5.41, 5.74) is 9.65. The number of aromatic nitrogens is 3. The third kappa shape index (κ3) is 26.8. The van der Waals surface area contributed by atoms with Crippen molar-refractivity contribution in [1.82, 2.24) is 24.8 Å². The predicted octanol–water partition coefficient (Wildman–Crippen LogP) is 20.4. The normalized spacial score (nSPS) is 16.6. The summed E-state index contributed by atoms with van der Waals surface area (Å²) in [6.07, 6.45) is 14.6. The zero-order chi connectivity index (χ0) is 91.4. The molecule has 1 aliphatic carbocycles. The van der Waals surface area contributed by atoms with Gasteiger partial charge in [0, 0.05) is 92.4 Å². The fourth-order valence-corrected chi connectivity index (χ4v) is 17.0. The van der Waals surface area contributed by atoms with E-state index in [-0.39, 0.29) is 66.5 Å². The van der Waals surface area contributed by atoms with E-state index in [4.69, 9.17) is 38.3 Å². The van der Waals surface area contributed by atoms with Crippen molar-refractivity contribution in [2.45, 2.75) is 188 Å². The third-order valence-corrected chi connectivity index (χ3v) is 24.7. The molecule has 6 atom stereocenters. The summed E-state index contributed by atoms with van der Waals surface area (Å²) in [5, 5.41) is 18.2. The van der Waals surface area contributed by atoms with Crippen LogP contribution in [0.5, 0.6) is 34.5 Å². The molecule has 0 spiro atoms. The Kier molecular flexibility index (Phi) is 34.6. The highest BCUT2D eigenvalue weighted by Crippen LogP contribution is 2.41. The Morgan fingerprint density at radius 2 is 0.712 bits per heavy atom. The van der Waals surface area contributed by atoms with Crippen LogP contribution in [-0.2, 0) is 43.1 Å². The van der Waals surface area contributed by atoms with Crippen molar-refractivity contribution in [3.63, 3.8) is 0 Å². The smallest absolute Gasteiger partial charge is 0.415 e. The van der Waals surface area contributed by atoms with Crippen LogP contribution in [0.2, 0.25) is 0 Å². The van der Waals surface area contributed by atoms with Crippen LogP contribution in [-0.4, -0.2) is 157 Å². The number of esters is 2. The first-order valence-electron chi connectivity index (χ1n) is 42.1. The minimum atomic E-state index is -1.38. The van der Waals surface area contributed by atoms with E-state index >= 15 is 0 Å². The monoisotopic (exact) mass is 1760 g/mol. The number of rotatable bonds is 28. The quantitative estimate of drug-likeness (QED) is 0.0262. The van der Waals surface area contributed by atoms with E-state index in [1.54, 1.807) is 123 Å². The maximum Gasteiger partial charge on any atom is 0.415 e. The van der Waals surface area contributed by atoms with Gasteiger partial charge in [-0.3, -0.25) is 29.3 Å². The molecule has 2 amide bonds. The second-order valence-corrected chi connectivity index (χ2v) is 36.3. The summed E-state index contributed by atoms with van der Waals surface area (Å²) < 4.78 is 39.7. The van der Waals surface area contributed by atoms with E-state index in [1.807, 2.05) is 178 Å². The molecule has 5 heterocycles. The van der Waals surface area contributed by atoms with E-state index in [0.717, 1.165) is 108 Å². The number of Topliss-reactive ketones (excluding diaryl/α,β-unsaturated/α-hetero) is 3. The van der Waals surface area contributed by atoms with Crippen LogP contribution < -0.4 is 23.7 Å². The maximum absolute atomic E-state index is 13.8. The standard InChI is InChI=1S/C34H40N2O6S.C32H36N2O6S.C28H36O4S.C6H7NO/c1-8-40-32(38)34(5,6)42-31-21(2)15-24(16-22(31)3)17-26-19-36(33(39)41-27-12-9-23(4)35-18-27)20-29(26)30(37)25-10-13-28(43-7)14-11-25;1-19-13-22(14-20(2)29(19)40-32(4,5)30(36)37)15-24-17-34(31(38)39-25-10-7-21(3)33-16-25)18-27(24)28(35)23-8-11-26(41-6)12-9-23;1-7-31-27(30)28(4,5)32-26-18(2)15-20(16-19(26)3)17-22-9-8-10-24(22)25(29)21-11-13-23(33-6)14-12-21;1-5-2-3-6(8)4-7-5/h9-16,18,26,29H,8,17,19-20H2,1-7H3;7-14,16,24,27H,15,17-18H2,1-6H3,(H,36,37);11-16,22,24H,7-10,17H2,1-6H3;2-4,8H,1H3/t26-,29-;24-,27-;22-,24+;/m001./s1. The SMILES string of the molecule is CCOC(=O)C(C)(C)Oc1c(C)cc(C[C@H]2CCC[C@@H]2C(=O)c2ccc(SC)cc2)cc1C.CCOC(=O)C(C)(C)Oc1c(C)cc(C[C@H]2CN(C(=O)Oc3ccc(C)nc3)C[C@@H]2C(=O)c2ccc(SC)cc2)cc1C.CSc1ccc(C(=O)[C@H]2CN(C(=O)Oc3ccc(C)nc3)C[C@@H]2Cc2cc(C)c(OC(C)(C)C(=O)O)c(C)c2)cc1.Cc1ccc(O)cn1. The van der Waals surface area contributed by atoms with E-state index in [0.29, 0.717) is 72.6 Å².